The number of pyridine rings is 1. The maximum absolute atomic E-state index is 12.6. The first-order chi connectivity index (χ1) is 28.0. The molecule has 13 heteroatoms. The molecule has 7 rings (SSSR count). The van der Waals surface area contributed by atoms with Gasteiger partial charge in [-0.05, 0) is 111 Å². The van der Waals surface area contributed by atoms with E-state index in [4.69, 9.17) is 21.1 Å². The minimum atomic E-state index is -0.337. The second-order valence-corrected chi connectivity index (χ2v) is 15.3. The molecule has 57 heavy (non-hydrogen) atoms. The number of halogens is 1. The summed E-state index contributed by atoms with van der Waals surface area (Å²) in [5, 5.41) is 10.6. The number of likely N-dealkylation sites (tertiary alicyclic amines) is 1. The molecule has 2 amide bonds. The number of carbonyl (C=O) groups excluding carboxylic acids is 1. The van der Waals surface area contributed by atoms with Crippen LogP contribution in [0.2, 0.25) is 5.02 Å². The van der Waals surface area contributed by atoms with E-state index in [1.165, 1.54) is 51.9 Å². The van der Waals surface area contributed by atoms with Crippen molar-refractivity contribution in [1.29, 1.82) is 0 Å². The zero-order valence-corrected chi connectivity index (χ0v) is 33.6. The van der Waals surface area contributed by atoms with Gasteiger partial charge in [-0.1, -0.05) is 42.6 Å². The van der Waals surface area contributed by atoms with Gasteiger partial charge >= 0.3 is 6.03 Å². The fraction of sp³-hybridized carbons (Fsp3) is 0.409. The fourth-order valence-corrected chi connectivity index (χ4v) is 7.81. The van der Waals surface area contributed by atoms with Gasteiger partial charge in [0.2, 0.25) is 0 Å². The van der Waals surface area contributed by atoms with E-state index in [0.717, 1.165) is 67.2 Å². The number of piperidine rings is 1. The highest BCUT2D eigenvalue weighted by molar-refractivity contribution is 6.30. The van der Waals surface area contributed by atoms with Crippen LogP contribution in [-0.4, -0.2) is 96.9 Å². The van der Waals surface area contributed by atoms with Crippen molar-refractivity contribution in [2.45, 2.75) is 45.1 Å². The van der Waals surface area contributed by atoms with Gasteiger partial charge in [-0.2, -0.15) is 0 Å². The number of nitrogens with zero attached hydrogens (tertiary/aromatic N) is 6. The number of hydrogen-bond donors (Lipinski definition) is 3. The lowest BCUT2D eigenvalue weighted by Crippen LogP contribution is -2.49. The molecule has 0 saturated carbocycles. The summed E-state index contributed by atoms with van der Waals surface area (Å²) in [6.45, 7) is 10.4. The SMILES string of the molecule is COc1cc2ncnc(NCc3cccc(NC(=O)Nc4ccc(Cl)cc4)c3)c2cc1OCCCCCCN1CCC(CN2CCN(c3ccccn3)CC2)CC1. The van der Waals surface area contributed by atoms with Crippen molar-refractivity contribution < 1.29 is 14.3 Å². The number of carbonyl (C=O) groups is 1. The predicted molar refractivity (Wildman–Crippen MR) is 230 cm³/mol. The second kappa shape index (κ2) is 20.3. The normalized spacial score (nSPS) is 15.4. The molecule has 4 heterocycles. The molecule has 3 N–H and O–H groups in total. The van der Waals surface area contributed by atoms with Gasteiger partial charge < -0.3 is 35.2 Å². The zero-order chi connectivity index (χ0) is 39.2. The largest absolute Gasteiger partial charge is 0.493 e. The molecule has 0 unspecified atom stereocenters. The van der Waals surface area contributed by atoms with Crippen molar-refractivity contribution >= 4 is 51.5 Å². The van der Waals surface area contributed by atoms with E-state index in [2.05, 4.69) is 57.7 Å². The van der Waals surface area contributed by atoms with Crippen LogP contribution in [0.4, 0.5) is 27.8 Å². The molecule has 5 aromatic rings. The summed E-state index contributed by atoms with van der Waals surface area (Å²) in [5.41, 5.74) is 3.06. The van der Waals surface area contributed by atoms with Crippen LogP contribution in [0.5, 0.6) is 11.5 Å². The van der Waals surface area contributed by atoms with Gasteiger partial charge in [0.1, 0.15) is 18.0 Å². The zero-order valence-electron chi connectivity index (χ0n) is 32.8. The molecule has 2 saturated heterocycles. The van der Waals surface area contributed by atoms with Crippen LogP contribution in [0.15, 0.2) is 91.4 Å². The first-order valence-corrected chi connectivity index (χ1v) is 20.6. The number of urea groups is 1. The van der Waals surface area contributed by atoms with E-state index in [-0.39, 0.29) is 6.03 Å². The van der Waals surface area contributed by atoms with Gasteiger partial charge in [0, 0.05) is 73.3 Å². The molecular formula is C44H54ClN9O3. The molecule has 0 aliphatic carbocycles. The number of unbranched alkanes of at least 4 members (excludes halogenated alkanes) is 3. The number of anilines is 4. The molecule has 12 nitrogen and oxygen atoms in total. The lowest BCUT2D eigenvalue weighted by molar-refractivity contribution is 0.138. The molecule has 2 aliphatic rings. The molecule has 0 bridgehead atoms. The Bertz CT molecular complexity index is 2020. The highest BCUT2D eigenvalue weighted by Crippen LogP contribution is 2.34. The summed E-state index contributed by atoms with van der Waals surface area (Å²) >= 11 is 5.95. The standard InChI is InChI=1S/C44H54ClN9O3/c1-56-40-29-39-38(43(49-32-48-39)47-30-34-9-8-10-37(27-34)51-44(55)50-36-14-12-35(45)13-15-36)28-41(40)57-26-7-3-2-6-19-52-20-16-33(17-21-52)31-53-22-24-54(25-23-53)42-11-4-5-18-46-42/h4-5,8-15,18,27-29,32-33H,2-3,6-7,16-17,19-26,30-31H2,1H3,(H,47,48,49)(H2,50,51,55). The molecule has 2 aliphatic heterocycles. The summed E-state index contributed by atoms with van der Waals surface area (Å²) in [6.07, 6.45) is 10.6. The number of nitrogens with one attached hydrogen (secondary N) is 3. The minimum absolute atomic E-state index is 0.337. The smallest absolute Gasteiger partial charge is 0.323 e. The van der Waals surface area contributed by atoms with Crippen LogP contribution >= 0.6 is 11.6 Å². The third-order valence-electron chi connectivity index (χ3n) is 10.9. The highest BCUT2D eigenvalue weighted by atomic mass is 35.5. The van der Waals surface area contributed by atoms with E-state index in [0.29, 0.717) is 46.9 Å². The summed E-state index contributed by atoms with van der Waals surface area (Å²) < 4.78 is 12.0. The van der Waals surface area contributed by atoms with Crippen molar-refractivity contribution in [2.75, 3.05) is 86.9 Å². The lowest BCUT2D eigenvalue weighted by atomic mass is 9.95. The Balaban J connectivity index is 0.805. The number of fused-ring (bicyclic) bond motifs is 1. The van der Waals surface area contributed by atoms with Crippen molar-refractivity contribution in [3.05, 3.63) is 102 Å². The number of hydrogen-bond acceptors (Lipinski definition) is 10. The Labute approximate surface area is 340 Å². The highest BCUT2D eigenvalue weighted by Gasteiger charge is 2.24. The minimum Gasteiger partial charge on any atom is -0.493 e. The Kier molecular flexibility index (Phi) is 14.3. The van der Waals surface area contributed by atoms with E-state index in [9.17, 15) is 4.79 Å². The fourth-order valence-electron chi connectivity index (χ4n) is 7.68. The van der Waals surface area contributed by atoms with Crippen LogP contribution in [0.25, 0.3) is 10.9 Å². The monoisotopic (exact) mass is 791 g/mol. The number of amides is 2. The molecule has 0 atom stereocenters. The number of benzene rings is 3. The second-order valence-electron chi connectivity index (χ2n) is 14.9. The van der Waals surface area contributed by atoms with Crippen molar-refractivity contribution in [3.63, 3.8) is 0 Å². The first kappa shape index (κ1) is 40.0. The molecule has 2 fully saturated rings. The maximum atomic E-state index is 12.6. The molecular weight excluding hydrogens is 738 g/mol. The van der Waals surface area contributed by atoms with E-state index in [1.807, 2.05) is 48.7 Å². The van der Waals surface area contributed by atoms with Crippen molar-refractivity contribution in [3.8, 4) is 11.5 Å². The number of aromatic nitrogens is 3. The van der Waals surface area contributed by atoms with E-state index < -0.39 is 0 Å². The Hall–Kier alpha value is -5.17. The molecule has 300 valence electrons. The summed E-state index contributed by atoms with van der Waals surface area (Å²) in [7, 11) is 1.65. The summed E-state index contributed by atoms with van der Waals surface area (Å²) in [5.74, 6) is 3.94. The number of piperazine rings is 1. The van der Waals surface area contributed by atoms with Gasteiger partial charge in [-0.3, -0.25) is 4.90 Å². The van der Waals surface area contributed by atoms with Gasteiger partial charge in [0.25, 0.3) is 0 Å². The van der Waals surface area contributed by atoms with Crippen LogP contribution in [0, 0.1) is 5.92 Å². The molecule has 2 aromatic heterocycles. The van der Waals surface area contributed by atoms with Crippen molar-refractivity contribution in [1.82, 2.24) is 24.8 Å². The topological polar surface area (TPSA) is 120 Å². The average Bonchev–Trinajstić information content (AvgIpc) is 3.24. The van der Waals surface area contributed by atoms with Gasteiger partial charge in [-0.25, -0.2) is 19.7 Å². The predicted octanol–water partition coefficient (Wildman–Crippen LogP) is 8.42. The Morgan fingerprint density at radius 1 is 0.789 bits per heavy atom. The van der Waals surface area contributed by atoms with Gasteiger partial charge in [0.05, 0.1) is 19.2 Å². The number of rotatable bonds is 17. The van der Waals surface area contributed by atoms with Crippen LogP contribution in [0.3, 0.4) is 0 Å². The molecule has 0 spiro atoms. The average molecular weight is 792 g/mol. The number of methoxy groups -OCH3 is 1. The third kappa shape index (κ3) is 11.7. The Morgan fingerprint density at radius 2 is 1.60 bits per heavy atom. The quantitative estimate of drug-likeness (QED) is 0.0793. The van der Waals surface area contributed by atoms with E-state index in [1.54, 1.807) is 37.7 Å². The molecule has 0 radical (unpaired) electrons. The lowest BCUT2D eigenvalue weighted by Gasteiger charge is -2.39. The Morgan fingerprint density at radius 3 is 2.39 bits per heavy atom. The van der Waals surface area contributed by atoms with Crippen LogP contribution < -0.4 is 30.3 Å². The summed E-state index contributed by atoms with van der Waals surface area (Å²) in [6, 6.07) is 24.3. The first-order valence-electron chi connectivity index (χ1n) is 20.2. The van der Waals surface area contributed by atoms with E-state index >= 15 is 0 Å². The van der Waals surface area contributed by atoms with Crippen LogP contribution in [0.1, 0.15) is 44.1 Å². The maximum Gasteiger partial charge on any atom is 0.323 e. The van der Waals surface area contributed by atoms with Crippen molar-refractivity contribution in [2.24, 2.45) is 5.92 Å². The van der Waals surface area contributed by atoms with Gasteiger partial charge in [-0.15, -0.1) is 0 Å². The van der Waals surface area contributed by atoms with Gasteiger partial charge in [0.15, 0.2) is 11.5 Å². The summed E-state index contributed by atoms with van der Waals surface area (Å²) in [4.78, 5) is 33.9. The molecule has 3 aromatic carbocycles. The third-order valence-corrected chi connectivity index (χ3v) is 11.1. The number of ether oxygens (including phenoxy) is 2. The van der Waals surface area contributed by atoms with Crippen LogP contribution in [-0.2, 0) is 6.54 Å².